The summed E-state index contributed by atoms with van der Waals surface area (Å²) in [4.78, 5) is 10.1. The van der Waals surface area contributed by atoms with Gasteiger partial charge in [-0.15, -0.1) is 0 Å². The van der Waals surface area contributed by atoms with Crippen molar-refractivity contribution in [2.75, 3.05) is 19.8 Å². The van der Waals surface area contributed by atoms with Crippen LogP contribution in [0, 0.1) is 10.1 Å². The summed E-state index contributed by atoms with van der Waals surface area (Å²) in [7, 11) is 0. The summed E-state index contributed by atoms with van der Waals surface area (Å²) >= 11 is 0. The third-order valence-electron chi connectivity index (χ3n) is 2.92. The summed E-state index contributed by atoms with van der Waals surface area (Å²) in [5.41, 5.74) is 1.26. The van der Waals surface area contributed by atoms with E-state index in [1.54, 1.807) is 12.1 Å². The third kappa shape index (κ3) is 3.51. The summed E-state index contributed by atoms with van der Waals surface area (Å²) in [6, 6.07) is 7.19. The maximum atomic E-state index is 10.5. The number of rotatable bonds is 5. The van der Waals surface area contributed by atoms with E-state index >= 15 is 0 Å². The monoisotopic (exact) mass is 236 g/mol. The van der Waals surface area contributed by atoms with Crippen molar-refractivity contribution >= 4 is 5.69 Å². The van der Waals surface area contributed by atoms with Gasteiger partial charge in [0.05, 0.1) is 11.5 Å². The average molecular weight is 236 g/mol. The van der Waals surface area contributed by atoms with Gasteiger partial charge in [0, 0.05) is 24.8 Å². The molecule has 92 valence electrons. The summed E-state index contributed by atoms with van der Waals surface area (Å²) in [6.07, 6.45) is 1.95. The summed E-state index contributed by atoms with van der Waals surface area (Å²) in [5.74, 6) is 0. The quantitative estimate of drug-likeness (QED) is 0.621. The number of nitrogens with one attached hydrogen (secondary N) is 1. The highest BCUT2D eigenvalue weighted by molar-refractivity contribution is 5.32. The van der Waals surface area contributed by atoms with E-state index in [2.05, 4.69) is 5.32 Å². The Morgan fingerprint density at radius 1 is 1.41 bits per heavy atom. The smallest absolute Gasteiger partial charge is 0.269 e. The highest BCUT2D eigenvalue weighted by Crippen LogP contribution is 2.12. The van der Waals surface area contributed by atoms with Crippen LogP contribution in [0.15, 0.2) is 24.3 Å². The van der Waals surface area contributed by atoms with Gasteiger partial charge in [0.2, 0.25) is 0 Å². The molecule has 1 fully saturated rings. The van der Waals surface area contributed by atoms with Gasteiger partial charge in [-0.05, 0) is 24.9 Å². The molecule has 5 nitrogen and oxygen atoms in total. The fourth-order valence-corrected chi connectivity index (χ4v) is 1.90. The first kappa shape index (κ1) is 12.0. The fraction of sp³-hybridized carbons (Fsp3) is 0.500. The van der Waals surface area contributed by atoms with Gasteiger partial charge in [0.15, 0.2) is 0 Å². The zero-order chi connectivity index (χ0) is 12.1. The molecule has 0 amide bonds. The van der Waals surface area contributed by atoms with Crippen molar-refractivity contribution in [1.82, 2.24) is 5.32 Å². The van der Waals surface area contributed by atoms with Gasteiger partial charge in [-0.1, -0.05) is 12.1 Å². The second-order valence-corrected chi connectivity index (χ2v) is 4.19. The number of hydrogen-bond acceptors (Lipinski definition) is 4. The van der Waals surface area contributed by atoms with Crippen molar-refractivity contribution in [2.24, 2.45) is 0 Å². The maximum Gasteiger partial charge on any atom is 0.269 e. The van der Waals surface area contributed by atoms with Crippen molar-refractivity contribution in [1.29, 1.82) is 0 Å². The molecule has 1 heterocycles. The van der Waals surface area contributed by atoms with Crippen LogP contribution in [0.5, 0.6) is 0 Å². The Bertz CT molecular complexity index is 372. The van der Waals surface area contributed by atoms with Crippen molar-refractivity contribution in [3.63, 3.8) is 0 Å². The van der Waals surface area contributed by atoms with E-state index in [4.69, 9.17) is 4.74 Å². The molecule has 1 aliphatic rings. The molecule has 1 aromatic carbocycles. The van der Waals surface area contributed by atoms with Gasteiger partial charge in [-0.3, -0.25) is 10.1 Å². The van der Waals surface area contributed by atoms with Crippen molar-refractivity contribution in [2.45, 2.75) is 18.9 Å². The molecule has 0 saturated carbocycles. The van der Waals surface area contributed by atoms with E-state index in [9.17, 15) is 10.1 Å². The predicted octanol–water partition coefficient (Wildman–Crippen LogP) is 1.52. The van der Waals surface area contributed by atoms with Gasteiger partial charge in [0.25, 0.3) is 5.69 Å². The molecule has 0 radical (unpaired) electrons. The number of ether oxygens (including phenoxy) is 1. The van der Waals surface area contributed by atoms with Crippen LogP contribution in [0.3, 0.4) is 0 Å². The molecular weight excluding hydrogens is 220 g/mol. The molecule has 1 atom stereocenters. The van der Waals surface area contributed by atoms with Crippen molar-refractivity contribution < 1.29 is 9.66 Å². The van der Waals surface area contributed by atoms with Crippen LogP contribution in [0.2, 0.25) is 0 Å². The van der Waals surface area contributed by atoms with Gasteiger partial charge in [-0.2, -0.15) is 0 Å². The highest BCUT2D eigenvalue weighted by atomic mass is 16.6. The predicted molar refractivity (Wildman–Crippen MR) is 64.0 cm³/mol. The van der Waals surface area contributed by atoms with Crippen LogP contribution in [-0.2, 0) is 11.2 Å². The first-order valence-corrected chi connectivity index (χ1v) is 5.80. The first-order valence-electron chi connectivity index (χ1n) is 5.80. The Labute approximate surface area is 99.9 Å². The lowest BCUT2D eigenvalue weighted by molar-refractivity contribution is -0.384. The molecule has 1 aliphatic heterocycles. The van der Waals surface area contributed by atoms with Crippen molar-refractivity contribution in [3.05, 3.63) is 39.9 Å². The molecule has 5 heteroatoms. The maximum absolute atomic E-state index is 10.5. The molecule has 0 aliphatic carbocycles. The second kappa shape index (κ2) is 5.75. The molecule has 0 aromatic heterocycles. The second-order valence-electron chi connectivity index (χ2n) is 4.19. The minimum absolute atomic E-state index is 0.144. The lowest BCUT2D eigenvalue weighted by Crippen LogP contribution is -2.30. The standard InChI is InChI=1S/C12H16N2O3/c15-14(16)12-3-1-10(2-4-12)5-7-13-11-6-8-17-9-11/h1-4,11,13H,5-9H2. The SMILES string of the molecule is O=[N+]([O-])c1ccc(CCNC2CCOC2)cc1. The number of hydrogen-bond donors (Lipinski definition) is 1. The molecule has 2 rings (SSSR count). The van der Waals surface area contributed by atoms with E-state index in [0.717, 1.165) is 38.2 Å². The third-order valence-corrected chi connectivity index (χ3v) is 2.92. The molecule has 17 heavy (non-hydrogen) atoms. The fourth-order valence-electron chi connectivity index (χ4n) is 1.90. The lowest BCUT2D eigenvalue weighted by Gasteiger charge is -2.09. The zero-order valence-electron chi connectivity index (χ0n) is 9.59. The highest BCUT2D eigenvalue weighted by Gasteiger charge is 2.14. The van der Waals surface area contributed by atoms with Gasteiger partial charge in [0.1, 0.15) is 0 Å². The van der Waals surface area contributed by atoms with E-state index in [-0.39, 0.29) is 10.6 Å². The zero-order valence-corrected chi connectivity index (χ0v) is 9.59. The Kier molecular flexibility index (Phi) is 4.06. The number of nitro benzene ring substituents is 1. The van der Waals surface area contributed by atoms with Crippen LogP contribution in [0.4, 0.5) is 5.69 Å². The van der Waals surface area contributed by atoms with Crippen molar-refractivity contribution in [3.8, 4) is 0 Å². The largest absolute Gasteiger partial charge is 0.380 e. The molecule has 0 spiro atoms. The Morgan fingerprint density at radius 2 is 2.18 bits per heavy atom. The van der Waals surface area contributed by atoms with Crippen LogP contribution < -0.4 is 5.32 Å². The lowest BCUT2D eigenvalue weighted by atomic mass is 10.1. The molecule has 1 unspecified atom stereocenters. The first-order chi connectivity index (χ1) is 8.25. The van der Waals surface area contributed by atoms with Crippen LogP contribution in [-0.4, -0.2) is 30.7 Å². The van der Waals surface area contributed by atoms with Crippen LogP contribution in [0.1, 0.15) is 12.0 Å². The van der Waals surface area contributed by atoms with Gasteiger partial charge in [-0.25, -0.2) is 0 Å². The minimum atomic E-state index is -0.377. The van der Waals surface area contributed by atoms with E-state index in [1.165, 1.54) is 0 Å². The minimum Gasteiger partial charge on any atom is -0.380 e. The summed E-state index contributed by atoms with van der Waals surface area (Å²) < 4.78 is 5.26. The Hall–Kier alpha value is -1.46. The summed E-state index contributed by atoms with van der Waals surface area (Å²) in [6.45, 7) is 2.52. The van der Waals surface area contributed by atoms with E-state index in [1.807, 2.05) is 12.1 Å². The normalized spacial score (nSPS) is 19.4. The Balaban J connectivity index is 1.76. The van der Waals surface area contributed by atoms with Crippen LogP contribution in [0.25, 0.3) is 0 Å². The Morgan fingerprint density at radius 3 is 2.76 bits per heavy atom. The van der Waals surface area contributed by atoms with Crippen LogP contribution >= 0.6 is 0 Å². The molecule has 1 aromatic rings. The summed E-state index contributed by atoms with van der Waals surface area (Å²) in [5, 5.41) is 13.9. The average Bonchev–Trinajstić information content (AvgIpc) is 2.83. The molecular formula is C12H16N2O3. The van der Waals surface area contributed by atoms with E-state index < -0.39 is 0 Å². The number of non-ortho nitro benzene ring substituents is 1. The number of nitrogens with zero attached hydrogens (tertiary/aromatic N) is 1. The van der Waals surface area contributed by atoms with Gasteiger partial charge >= 0.3 is 0 Å². The molecule has 1 N–H and O–H groups in total. The van der Waals surface area contributed by atoms with Gasteiger partial charge < -0.3 is 10.1 Å². The molecule has 1 saturated heterocycles. The number of benzene rings is 1. The number of nitro groups is 1. The topological polar surface area (TPSA) is 64.4 Å². The van der Waals surface area contributed by atoms with E-state index in [0.29, 0.717) is 6.04 Å². The molecule has 0 bridgehead atoms.